The van der Waals surface area contributed by atoms with Crippen molar-refractivity contribution in [2.75, 3.05) is 24.3 Å². The van der Waals surface area contributed by atoms with E-state index in [9.17, 15) is 0 Å². The molecule has 0 bridgehead atoms. The van der Waals surface area contributed by atoms with Crippen LogP contribution in [0.4, 0.5) is 17.5 Å². The predicted molar refractivity (Wildman–Crippen MR) is 104 cm³/mol. The summed E-state index contributed by atoms with van der Waals surface area (Å²) in [5.74, 6) is 2.03. The molecule has 0 saturated heterocycles. The number of aromatic nitrogens is 3. The van der Waals surface area contributed by atoms with Gasteiger partial charge in [0.2, 0.25) is 5.95 Å². The van der Waals surface area contributed by atoms with Gasteiger partial charge in [-0.3, -0.25) is 0 Å². The van der Waals surface area contributed by atoms with Crippen LogP contribution in [0.15, 0.2) is 54.7 Å². The number of hydrogen-bond donors (Lipinski definition) is 2. The molecule has 2 N–H and O–H groups in total. The van der Waals surface area contributed by atoms with Crippen molar-refractivity contribution in [3.63, 3.8) is 0 Å². The molecule has 0 saturated carbocycles. The van der Waals surface area contributed by atoms with Gasteiger partial charge in [-0.05, 0) is 48.2 Å². The van der Waals surface area contributed by atoms with Crippen molar-refractivity contribution in [2.45, 2.75) is 19.8 Å². The second-order valence-corrected chi connectivity index (χ2v) is 5.87. The molecule has 0 aliphatic carbocycles. The average molecular weight is 349 g/mol. The van der Waals surface area contributed by atoms with E-state index in [1.807, 2.05) is 30.3 Å². The van der Waals surface area contributed by atoms with Gasteiger partial charge in [-0.2, -0.15) is 10.1 Å². The SMILES string of the molecule is CCc1ccc(Nc2nncc(NCCc3cccc(OC)c3)n2)cc1. The standard InChI is InChI=1S/C20H23N5O/c1-3-15-7-9-17(10-8-15)23-20-24-19(14-22-25-20)21-12-11-16-5-4-6-18(13-16)26-2/h4-10,13-14H,3,11-12H2,1-2H3,(H2,21,23,24,25). The first-order valence-electron chi connectivity index (χ1n) is 8.69. The van der Waals surface area contributed by atoms with Crippen LogP contribution in [0.25, 0.3) is 0 Å². The minimum absolute atomic E-state index is 0.473. The van der Waals surface area contributed by atoms with Gasteiger partial charge in [-0.1, -0.05) is 31.2 Å². The normalized spacial score (nSPS) is 10.4. The molecule has 0 spiro atoms. The number of anilines is 3. The van der Waals surface area contributed by atoms with Crippen LogP contribution in [0.3, 0.4) is 0 Å². The molecule has 134 valence electrons. The molecule has 0 aliphatic heterocycles. The highest BCUT2D eigenvalue weighted by Gasteiger charge is 2.02. The van der Waals surface area contributed by atoms with E-state index in [-0.39, 0.29) is 0 Å². The molecule has 1 aromatic heterocycles. The van der Waals surface area contributed by atoms with Crippen LogP contribution in [0, 0.1) is 0 Å². The number of nitrogens with zero attached hydrogens (tertiary/aromatic N) is 3. The second-order valence-electron chi connectivity index (χ2n) is 5.87. The first-order chi connectivity index (χ1) is 12.8. The van der Waals surface area contributed by atoms with Crippen LogP contribution in [-0.2, 0) is 12.8 Å². The zero-order valence-corrected chi connectivity index (χ0v) is 15.1. The Morgan fingerprint density at radius 2 is 1.88 bits per heavy atom. The Labute approximate surface area is 153 Å². The highest BCUT2D eigenvalue weighted by atomic mass is 16.5. The third kappa shape index (κ3) is 4.92. The van der Waals surface area contributed by atoms with E-state index in [0.717, 1.165) is 30.8 Å². The molecule has 0 radical (unpaired) electrons. The molecular formula is C20H23N5O. The zero-order valence-electron chi connectivity index (χ0n) is 15.1. The third-order valence-corrected chi connectivity index (χ3v) is 4.03. The summed E-state index contributed by atoms with van der Waals surface area (Å²) in [4.78, 5) is 4.46. The van der Waals surface area contributed by atoms with Crippen molar-refractivity contribution in [1.29, 1.82) is 0 Å². The van der Waals surface area contributed by atoms with Crippen LogP contribution in [-0.4, -0.2) is 28.8 Å². The maximum absolute atomic E-state index is 5.25. The number of nitrogens with one attached hydrogen (secondary N) is 2. The molecule has 3 rings (SSSR count). The second kappa shape index (κ2) is 8.80. The van der Waals surface area contributed by atoms with Gasteiger partial charge in [0.05, 0.1) is 13.3 Å². The van der Waals surface area contributed by atoms with E-state index in [1.165, 1.54) is 11.1 Å². The van der Waals surface area contributed by atoms with Crippen molar-refractivity contribution >= 4 is 17.5 Å². The summed E-state index contributed by atoms with van der Waals surface area (Å²) in [5.41, 5.74) is 3.44. The number of aryl methyl sites for hydroxylation is 1. The monoisotopic (exact) mass is 349 g/mol. The fraction of sp³-hybridized carbons (Fsp3) is 0.250. The lowest BCUT2D eigenvalue weighted by Gasteiger charge is -2.09. The van der Waals surface area contributed by atoms with Crippen molar-refractivity contribution < 1.29 is 4.74 Å². The van der Waals surface area contributed by atoms with Gasteiger partial charge >= 0.3 is 0 Å². The lowest BCUT2D eigenvalue weighted by Crippen LogP contribution is -2.08. The van der Waals surface area contributed by atoms with Crippen LogP contribution >= 0.6 is 0 Å². The van der Waals surface area contributed by atoms with Crippen molar-refractivity contribution in [1.82, 2.24) is 15.2 Å². The number of rotatable bonds is 8. The van der Waals surface area contributed by atoms with Gasteiger partial charge in [0, 0.05) is 12.2 Å². The van der Waals surface area contributed by atoms with Gasteiger partial charge in [0.1, 0.15) is 5.75 Å². The lowest BCUT2D eigenvalue weighted by molar-refractivity contribution is 0.414. The highest BCUT2D eigenvalue weighted by molar-refractivity contribution is 5.54. The van der Waals surface area contributed by atoms with E-state index in [1.54, 1.807) is 13.3 Å². The summed E-state index contributed by atoms with van der Waals surface area (Å²) in [5, 5.41) is 14.5. The zero-order chi connectivity index (χ0) is 18.2. The van der Waals surface area contributed by atoms with Crippen LogP contribution in [0.2, 0.25) is 0 Å². The van der Waals surface area contributed by atoms with E-state index in [2.05, 4.69) is 50.9 Å². The Hall–Kier alpha value is -3.15. The van der Waals surface area contributed by atoms with E-state index in [0.29, 0.717) is 11.8 Å². The molecule has 26 heavy (non-hydrogen) atoms. The topological polar surface area (TPSA) is 72.0 Å². The Bertz CT molecular complexity index is 836. The number of ether oxygens (including phenoxy) is 1. The van der Waals surface area contributed by atoms with Crippen molar-refractivity contribution in [2.24, 2.45) is 0 Å². The first-order valence-corrected chi connectivity index (χ1v) is 8.69. The number of benzene rings is 2. The number of methoxy groups -OCH3 is 1. The molecule has 6 nitrogen and oxygen atoms in total. The van der Waals surface area contributed by atoms with E-state index < -0.39 is 0 Å². The summed E-state index contributed by atoms with van der Waals surface area (Å²) in [7, 11) is 1.67. The molecule has 3 aromatic rings. The lowest BCUT2D eigenvalue weighted by atomic mass is 10.1. The largest absolute Gasteiger partial charge is 0.497 e. The summed E-state index contributed by atoms with van der Waals surface area (Å²) in [6.45, 7) is 2.88. The van der Waals surface area contributed by atoms with Crippen molar-refractivity contribution in [3.8, 4) is 5.75 Å². The Morgan fingerprint density at radius 3 is 2.65 bits per heavy atom. The number of hydrogen-bond acceptors (Lipinski definition) is 6. The predicted octanol–water partition coefficient (Wildman–Crippen LogP) is 3.84. The van der Waals surface area contributed by atoms with Crippen molar-refractivity contribution in [3.05, 3.63) is 65.9 Å². The smallest absolute Gasteiger partial charge is 0.249 e. The minimum Gasteiger partial charge on any atom is -0.497 e. The van der Waals surface area contributed by atoms with E-state index in [4.69, 9.17) is 4.74 Å². The van der Waals surface area contributed by atoms with Gasteiger partial charge in [0.25, 0.3) is 0 Å². The maximum Gasteiger partial charge on any atom is 0.249 e. The quantitative estimate of drug-likeness (QED) is 0.644. The summed E-state index contributed by atoms with van der Waals surface area (Å²) < 4.78 is 5.25. The maximum atomic E-state index is 5.25. The molecule has 0 atom stereocenters. The van der Waals surface area contributed by atoms with Gasteiger partial charge in [0.15, 0.2) is 5.82 Å². The summed E-state index contributed by atoms with van der Waals surface area (Å²) in [6.07, 6.45) is 3.50. The molecule has 1 heterocycles. The molecule has 0 amide bonds. The van der Waals surface area contributed by atoms with E-state index >= 15 is 0 Å². The molecule has 0 unspecified atom stereocenters. The Kier molecular flexibility index (Phi) is 5.98. The molecule has 2 aromatic carbocycles. The van der Waals surface area contributed by atoms with Crippen LogP contribution in [0.1, 0.15) is 18.1 Å². The minimum atomic E-state index is 0.473. The Morgan fingerprint density at radius 1 is 1.04 bits per heavy atom. The molecule has 0 fully saturated rings. The molecular weight excluding hydrogens is 326 g/mol. The molecule has 6 heteroatoms. The summed E-state index contributed by atoms with van der Waals surface area (Å²) >= 11 is 0. The third-order valence-electron chi connectivity index (χ3n) is 4.03. The van der Waals surface area contributed by atoms with Crippen LogP contribution in [0.5, 0.6) is 5.75 Å². The fourth-order valence-corrected chi connectivity index (χ4v) is 2.56. The fourth-order valence-electron chi connectivity index (χ4n) is 2.56. The highest BCUT2D eigenvalue weighted by Crippen LogP contribution is 2.15. The average Bonchev–Trinajstić information content (AvgIpc) is 2.69. The van der Waals surface area contributed by atoms with Gasteiger partial charge in [-0.25, -0.2) is 0 Å². The summed E-state index contributed by atoms with van der Waals surface area (Å²) in [6, 6.07) is 16.3. The Balaban J connectivity index is 1.56. The van der Waals surface area contributed by atoms with Gasteiger partial charge in [-0.15, -0.1) is 5.10 Å². The van der Waals surface area contributed by atoms with Gasteiger partial charge < -0.3 is 15.4 Å². The first kappa shape index (κ1) is 17.7. The molecule has 0 aliphatic rings. The van der Waals surface area contributed by atoms with Crippen LogP contribution < -0.4 is 15.4 Å².